The SMILES string of the molecule is OC/C=C(\I)Cc1ccccc1. The van der Waals surface area contributed by atoms with E-state index in [2.05, 4.69) is 34.7 Å². The van der Waals surface area contributed by atoms with Gasteiger partial charge in [-0.25, -0.2) is 0 Å². The van der Waals surface area contributed by atoms with Gasteiger partial charge in [0.05, 0.1) is 6.61 Å². The van der Waals surface area contributed by atoms with E-state index < -0.39 is 0 Å². The summed E-state index contributed by atoms with van der Waals surface area (Å²) in [5, 5.41) is 8.63. The van der Waals surface area contributed by atoms with E-state index in [9.17, 15) is 0 Å². The molecule has 1 N–H and O–H groups in total. The van der Waals surface area contributed by atoms with Crippen LogP contribution in [0.25, 0.3) is 0 Å². The van der Waals surface area contributed by atoms with Crippen LogP contribution in [-0.4, -0.2) is 11.7 Å². The lowest BCUT2D eigenvalue weighted by Crippen LogP contribution is -1.84. The van der Waals surface area contributed by atoms with Crippen LogP contribution in [0.15, 0.2) is 40.0 Å². The molecule has 0 atom stereocenters. The molecule has 0 fully saturated rings. The van der Waals surface area contributed by atoms with Crippen LogP contribution in [0.2, 0.25) is 0 Å². The van der Waals surface area contributed by atoms with Crippen LogP contribution in [0, 0.1) is 0 Å². The number of allylic oxidation sites excluding steroid dienone is 1. The van der Waals surface area contributed by atoms with Crippen molar-refractivity contribution in [2.24, 2.45) is 0 Å². The first-order valence-electron chi connectivity index (χ1n) is 3.82. The summed E-state index contributed by atoms with van der Waals surface area (Å²) in [6.07, 6.45) is 2.75. The fraction of sp³-hybridized carbons (Fsp3) is 0.200. The summed E-state index contributed by atoms with van der Waals surface area (Å²) in [7, 11) is 0. The number of hydrogen-bond donors (Lipinski definition) is 1. The number of aliphatic hydroxyl groups is 1. The highest BCUT2D eigenvalue weighted by Gasteiger charge is 1.93. The van der Waals surface area contributed by atoms with Gasteiger partial charge in [-0.05, 0) is 37.8 Å². The lowest BCUT2D eigenvalue weighted by Gasteiger charge is -1.98. The van der Waals surface area contributed by atoms with Gasteiger partial charge >= 0.3 is 0 Å². The molecular formula is C10H11IO. The molecule has 0 saturated heterocycles. The highest BCUT2D eigenvalue weighted by molar-refractivity contribution is 14.1. The average Bonchev–Trinajstić information content (AvgIpc) is 2.06. The van der Waals surface area contributed by atoms with E-state index in [1.807, 2.05) is 24.3 Å². The summed E-state index contributed by atoms with van der Waals surface area (Å²) in [6, 6.07) is 10.2. The van der Waals surface area contributed by atoms with Crippen molar-refractivity contribution in [3.63, 3.8) is 0 Å². The van der Waals surface area contributed by atoms with E-state index in [4.69, 9.17) is 5.11 Å². The lowest BCUT2D eigenvalue weighted by atomic mass is 10.1. The first-order chi connectivity index (χ1) is 5.83. The van der Waals surface area contributed by atoms with Crippen molar-refractivity contribution < 1.29 is 5.11 Å². The molecule has 1 nitrogen and oxygen atoms in total. The molecule has 1 aromatic rings. The number of rotatable bonds is 3. The Morgan fingerprint density at radius 2 is 2.00 bits per heavy atom. The molecule has 0 saturated carbocycles. The highest BCUT2D eigenvalue weighted by Crippen LogP contribution is 2.13. The fourth-order valence-corrected chi connectivity index (χ4v) is 1.60. The van der Waals surface area contributed by atoms with E-state index in [0.717, 1.165) is 6.42 Å². The zero-order valence-corrected chi connectivity index (χ0v) is 8.86. The number of benzene rings is 1. The predicted molar refractivity (Wildman–Crippen MR) is 59.3 cm³/mol. The van der Waals surface area contributed by atoms with E-state index in [1.165, 1.54) is 9.14 Å². The zero-order chi connectivity index (χ0) is 8.81. The molecule has 0 aromatic heterocycles. The molecular weight excluding hydrogens is 263 g/mol. The van der Waals surface area contributed by atoms with Crippen molar-refractivity contribution in [2.45, 2.75) is 6.42 Å². The summed E-state index contributed by atoms with van der Waals surface area (Å²) in [5.74, 6) is 0. The molecule has 0 aliphatic rings. The van der Waals surface area contributed by atoms with E-state index >= 15 is 0 Å². The topological polar surface area (TPSA) is 20.2 Å². The zero-order valence-electron chi connectivity index (χ0n) is 6.70. The predicted octanol–water partition coefficient (Wildman–Crippen LogP) is 2.54. The van der Waals surface area contributed by atoms with Gasteiger partial charge in [-0.1, -0.05) is 30.3 Å². The van der Waals surface area contributed by atoms with Crippen LogP contribution in [0.4, 0.5) is 0 Å². The molecule has 0 aliphatic heterocycles. The molecule has 12 heavy (non-hydrogen) atoms. The molecule has 2 heteroatoms. The normalized spacial score (nSPS) is 11.7. The maximum atomic E-state index is 8.63. The summed E-state index contributed by atoms with van der Waals surface area (Å²) >= 11 is 2.25. The van der Waals surface area contributed by atoms with Crippen molar-refractivity contribution in [3.8, 4) is 0 Å². The molecule has 0 aliphatic carbocycles. The van der Waals surface area contributed by atoms with Gasteiger partial charge in [0.15, 0.2) is 0 Å². The second kappa shape index (κ2) is 5.32. The van der Waals surface area contributed by atoms with E-state index in [0.29, 0.717) is 0 Å². The van der Waals surface area contributed by atoms with Gasteiger partial charge in [0, 0.05) is 6.42 Å². The number of aliphatic hydroxyl groups excluding tert-OH is 1. The molecule has 1 aromatic carbocycles. The van der Waals surface area contributed by atoms with Crippen LogP contribution < -0.4 is 0 Å². The summed E-state index contributed by atoms with van der Waals surface area (Å²) in [4.78, 5) is 0. The van der Waals surface area contributed by atoms with Crippen molar-refractivity contribution in [1.29, 1.82) is 0 Å². The standard InChI is InChI=1S/C10H11IO/c11-10(6-7-12)8-9-4-2-1-3-5-9/h1-6,12H,7-8H2/b10-6-. The smallest absolute Gasteiger partial charge is 0.0622 e. The molecule has 0 amide bonds. The molecule has 0 unspecified atom stereocenters. The van der Waals surface area contributed by atoms with Crippen molar-refractivity contribution in [1.82, 2.24) is 0 Å². The first-order valence-corrected chi connectivity index (χ1v) is 4.90. The molecule has 64 valence electrons. The van der Waals surface area contributed by atoms with Crippen LogP contribution in [0.3, 0.4) is 0 Å². The van der Waals surface area contributed by atoms with Gasteiger partial charge in [0.1, 0.15) is 0 Å². The highest BCUT2D eigenvalue weighted by atomic mass is 127. The molecule has 1 rings (SSSR count). The first kappa shape index (κ1) is 9.74. The van der Waals surface area contributed by atoms with E-state index in [1.54, 1.807) is 0 Å². The van der Waals surface area contributed by atoms with Crippen molar-refractivity contribution in [3.05, 3.63) is 45.6 Å². The quantitative estimate of drug-likeness (QED) is 0.840. The monoisotopic (exact) mass is 274 g/mol. The average molecular weight is 274 g/mol. The Balaban J connectivity index is 2.58. The van der Waals surface area contributed by atoms with Gasteiger partial charge in [0.2, 0.25) is 0 Å². The maximum Gasteiger partial charge on any atom is 0.0622 e. The van der Waals surface area contributed by atoms with Gasteiger partial charge in [-0.3, -0.25) is 0 Å². The van der Waals surface area contributed by atoms with Crippen LogP contribution >= 0.6 is 22.6 Å². The largest absolute Gasteiger partial charge is 0.392 e. The third-order valence-corrected chi connectivity index (χ3v) is 2.35. The third-order valence-electron chi connectivity index (χ3n) is 1.53. The van der Waals surface area contributed by atoms with Gasteiger partial charge in [0.25, 0.3) is 0 Å². The number of halogens is 1. The molecule has 0 bridgehead atoms. The van der Waals surface area contributed by atoms with Gasteiger partial charge in [-0.2, -0.15) is 0 Å². The summed E-state index contributed by atoms with van der Waals surface area (Å²) in [6.45, 7) is 0.130. The van der Waals surface area contributed by atoms with Gasteiger partial charge in [-0.15, -0.1) is 0 Å². The van der Waals surface area contributed by atoms with Crippen molar-refractivity contribution >= 4 is 22.6 Å². The Bertz CT molecular complexity index is 254. The molecule has 0 spiro atoms. The summed E-state index contributed by atoms with van der Waals surface area (Å²) < 4.78 is 1.18. The van der Waals surface area contributed by atoms with Crippen LogP contribution in [0.1, 0.15) is 5.56 Å². The second-order valence-electron chi connectivity index (χ2n) is 2.50. The fourth-order valence-electron chi connectivity index (χ4n) is 0.962. The van der Waals surface area contributed by atoms with E-state index in [-0.39, 0.29) is 6.61 Å². The van der Waals surface area contributed by atoms with Crippen LogP contribution in [0.5, 0.6) is 0 Å². The minimum atomic E-state index is 0.130. The Hall–Kier alpha value is -0.350. The van der Waals surface area contributed by atoms with Crippen molar-refractivity contribution in [2.75, 3.05) is 6.61 Å². The minimum absolute atomic E-state index is 0.130. The summed E-state index contributed by atoms with van der Waals surface area (Å²) in [5.41, 5.74) is 1.28. The Morgan fingerprint density at radius 3 is 2.58 bits per heavy atom. The maximum absolute atomic E-state index is 8.63. The molecule has 0 radical (unpaired) electrons. The third kappa shape index (κ3) is 3.36. The Labute approximate surface area is 86.3 Å². The Kier molecular flexibility index (Phi) is 4.32. The second-order valence-corrected chi connectivity index (χ2v) is 3.88. The Morgan fingerprint density at radius 1 is 1.33 bits per heavy atom. The van der Waals surface area contributed by atoms with Crippen LogP contribution in [-0.2, 0) is 6.42 Å². The van der Waals surface area contributed by atoms with Gasteiger partial charge < -0.3 is 5.11 Å². The lowest BCUT2D eigenvalue weighted by molar-refractivity contribution is 0.342. The molecule has 0 heterocycles. The minimum Gasteiger partial charge on any atom is -0.392 e. The number of hydrogen-bond acceptors (Lipinski definition) is 1.